The average molecular weight is 306 g/mol. The number of halogens is 1. The normalized spacial score (nSPS) is 32.0. The van der Waals surface area contributed by atoms with E-state index >= 15 is 0 Å². The first-order valence-electron chi connectivity index (χ1n) is 7.79. The summed E-state index contributed by atoms with van der Waals surface area (Å²) in [5.41, 5.74) is 1.48. The molecule has 3 heteroatoms. The summed E-state index contributed by atoms with van der Waals surface area (Å²) in [5.74, 6) is 0.0780. The van der Waals surface area contributed by atoms with E-state index < -0.39 is 5.38 Å². The molecule has 3 rings (SSSR count). The Bertz CT molecular complexity index is 541. The standard InChI is InChI=1S/C18H24ClNO/c1-17(2)9-14-10-18(3,11-17)12-20(14)16(21)15(19)13-7-5-4-6-8-13/h4-8,14-15H,9-12H2,1-3H3. The topological polar surface area (TPSA) is 20.3 Å². The molecule has 1 saturated heterocycles. The molecule has 0 radical (unpaired) electrons. The molecule has 0 N–H and O–H groups in total. The molecule has 1 aliphatic heterocycles. The van der Waals surface area contributed by atoms with Crippen LogP contribution in [0.2, 0.25) is 0 Å². The molecule has 3 unspecified atom stereocenters. The van der Waals surface area contributed by atoms with E-state index in [2.05, 4.69) is 25.7 Å². The smallest absolute Gasteiger partial charge is 0.245 e. The molecule has 1 heterocycles. The van der Waals surface area contributed by atoms with Gasteiger partial charge in [-0.05, 0) is 35.7 Å². The van der Waals surface area contributed by atoms with Gasteiger partial charge in [0.25, 0.3) is 0 Å². The maximum Gasteiger partial charge on any atom is 0.245 e. The largest absolute Gasteiger partial charge is 0.338 e. The maximum atomic E-state index is 12.8. The van der Waals surface area contributed by atoms with Gasteiger partial charge in [0.05, 0.1) is 0 Å². The molecule has 2 aliphatic rings. The van der Waals surface area contributed by atoms with Crippen molar-refractivity contribution in [2.45, 2.75) is 51.5 Å². The van der Waals surface area contributed by atoms with Gasteiger partial charge in [-0.2, -0.15) is 0 Å². The molecule has 2 fully saturated rings. The van der Waals surface area contributed by atoms with Gasteiger partial charge in [0, 0.05) is 12.6 Å². The van der Waals surface area contributed by atoms with E-state index in [0.717, 1.165) is 24.9 Å². The van der Waals surface area contributed by atoms with Crippen molar-refractivity contribution in [2.75, 3.05) is 6.54 Å². The highest BCUT2D eigenvalue weighted by atomic mass is 35.5. The van der Waals surface area contributed by atoms with Gasteiger partial charge in [-0.25, -0.2) is 0 Å². The SMILES string of the molecule is CC1(C)CC2CC(C)(CN2C(=O)C(Cl)c2ccccc2)C1. The van der Waals surface area contributed by atoms with Gasteiger partial charge in [-0.1, -0.05) is 51.1 Å². The monoisotopic (exact) mass is 305 g/mol. The minimum atomic E-state index is -0.558. The van der Waals surface area contributed by atoms with Crippen LogP contribution in [0.3, 0.4) is 0 Å². The van der Waals surface area contributed by atoms with E-state index in [9.17, 15) is 4.79 Å². The maximum absolute atomic E-state index is 12.8. The molecule has 1 aromatic carbocycles. The van der Waals surface area contributed by atoms with E-state index in [1.807, 2.05) is 30.3 Å². The minimum absolute atomic E-state index is 0.0780. The Labute approximate surface area is 132 Å². The Morgan fingerprint density at radius 2 is 1.90 bits per heavy atom. The molecule has 2 bridgehead atoms. The highest BCUT2D eigenvalue weighted by molar-refractivity contribution is 6.30. The molecular formula is C18H24ClNO. The van der Waals surface area contributed by atoms with Crippen molar-refractivity contribution in [3.63, 3.8) is 0 Å². The fourth-order valence-electron chi connectivity index (χ4n) is 4.63. The third kappa shape index (κ3) is 2.83. The highest BCUT2D eigenvalue weighted by Gasteiger charge is 2.51. The Balaban J connectivity index is 1.80. The van der Waals surface area contributed by atoms with E-state index in [-0.39, 0.29) is 11.3 Å². The van der Waals surface area contributed by atoms with Crippen molar-refractivity contribution in [3.8, 4) is 0 Å². The Hall–Kier alpha value is -1.02. The van der Waals surface area contributed by atoms with Crippen LogP contribution in [-0.4, -0.2) is 23.4 Å². The first-order chi connectivity index (χ1) is 9.80. The van der Waals surface area contributed by atoms with Gasteiger partial charge in [0.2, 0.25) is 5.91 Å². The number of fused-ring (bicyclic) bond motifs is 2. The summed E-state index contributed by atoms with van der Waals surface area (Å²) in [6.07, 6.45) is 3.41. The number of alkyl halides is 1. The van der Waals surface area contributed by atoms with Gasteiger partial charge < -0.3 is 4.90 Å². The van der Waals surface area contributed by atoms with E-state index in [0.29, 0.717) is 11.5 Å². The van der Waals surface area contributed by atoms with Gasteiger partial charge >= 0.3 is 0 Å². The van der Waals surface area contributed by atoms with Crippen LogP contribution < -0.4 is 0 Å². The van der Waals surface area contributed by atoms with Crippen LogP contribution >= 0.6 is 11.6 Å². The van der Waals surface area contributed by atoms with Gasteiger partial charge in [0.15, 0.2) is 0 Å². The van der Waals surface area contributed by atoms with Crippen molar-refractivity contribution in [3.05, 3.63) is 35.9 Å². The summed E-state index contributed by atoms with van der Waals surface area (Å²) in [5, 5.41) is -0.558. The third-order valence-electron chi connectivity index (χ3n) is 5.01. The summed E-state index contributed by atoms with van der Waals surface area (Å²) in [6, 6.07) is 10.0. The van der Waals surface area contributed by atoms with E-state index in [1.54, 1.807) is 0 Å². The van der Waals surface area contributed by atoms with E-state index in [1.165, 1.54) is 6.42 Å². The zero-order valence-corrected chi connectivity index (χ0v) is 13.9. The number of nitrogens with zero attached hydrogens (tertiary/aromatic N) is 1. The second-order valence-electron chi connectivity index (χ2n) is 7.95. The van der Waals surface area contributed by atoms with Crippen LogP contribution in [0.4, 0.5) is 0 Å². The number of rotatable bonds is 2. The fraction of sp³-hybridized carbons (Fsp3) is 0.611. The van der Waals surface area contributed by atoms with Crippen LogP contribution in [0.5, 0.6) is 0 Å². The summed E-state index contributed by atoms with van der Waals surface area (Å²) in [7, 11) is 0. The second kappa shape index (κ2) is 5.01. The molecular weight excluding hydrogens is 282 g/mol. The predicted molar refractivity (Wildman–Crippen MR) is 86.3 cm³/mol. The van der Waals surface area contributed by atoms with Crippen LogP contribution in [-0.2, 0) is 4.79 Å². The zero-order chi connectivity index (χ0) is 15.3. The first kappa shape index (κ1) is 14.9. The van der Waals surface area contributed by atoms with Crippen molar-refractivity contribution in [1.29, 1.82) is 0 Å². The molecule has 3 atom stereocenters. The first-order valence-corrected chi connectivity index (χ1v) is 8.23. The third-order valence-corrected chi connectivity index (χ3v) is 5.45. The fourth-order valence-corrected chi connectivity index (χ4v) is 4.90. The van der Waals surface area contributed by atoms with Crippen molar-refractivity contribution in [2.24, 2.45) is 10.8 Å². The van der Waals surface area contributed by atoms with Gasteiger partial charge in [0.1, 0.15) is 5.38 Å². The molecule has 0 aromatic heterocycles. The Kier molecular flexibility index (Phi) is 3.56. The van der Waals surface area contributed by atoms with Crippen LogP contribution in [0, 0.1) is 10.8 Å². The molecule has 0 spiro atoms. The van der Waals surface area contributed by atoms with E-state index in [4.69, 9.17) is 11.6 Å². The number of amides is 1. The number of carbonyl (C=O) groups excluding carboxylic acids is 1. The zero-order valence-electron chi connectivity index (χ0n) is 13.1. The summed E-state index contributed by atoms with van der Waals surface area (Å²) < 4.78 is 0. The second-order valence-corrected chi connectivity index (χ2v) is 8.39. The van der Waals surface area contributed by atoms with Crippen molar-refractivity contribution in [1.82, 2.24) is 4.90 Å². The van der Waals surface area contributed by atoms with Crippen LogP contribution in [0.15, 0.2) is 30.3 Å². The van der Waals surface area contributed by atoms with Gasteiger partial charge in [-0.15, -0.1) is 11.6 Å². The lowest BCUT2D eigenvalue weighted by Crippen LogP contribution is -2.39. The van der Waals surface area contributed by atoms with Crippen LogP contribution in [0.1, 0.15) is 51.0 Å². The average Bonchev–Trinajstić information content (AvgIpc) is 2.67. The summed E-state index contributed by atoms with van der Waals surface area (Å²) in [6.45, 7) is 7.82. The minimum Gasteiger partial charge on any atom is -0.338 e. The Morgan fingerprint density at radius 3 is 2.57 bits per heavy atom. The number of carbonyl (C=O) groups is 1. The molecule has 1 aromatic rings. The lowest BCUT2D eigenvalue weighted by atomic mass is 9.65. The molecule has 1 amide bonds. The summed E-state index contributed by atoms with van der Waals surface area (Å²) in [4.78, 5) is 14.9. The molecule has 114 valence electrons. The molecule has 1 saturated carbocycles. The van der Waals surface area contributed by atoms with Crippen molar-refractivity contribution >= 4 is 17.5 Å². The highest BCUT2D eigenvalue weighted by Crippen LogP contribution is 2.53. The van der Waals surface area contributed by atoms with Crippen LogP contribution in [0.25, 0.3) is 0 Å². The number of hydrogen-bond donors (Lipinski definition) is 0. The predicted octanol–water partition coefficient (Wildman–Crippen LogP) is 4.39. The molecule has 21 heavy (non-hydrogen) atoms. The Morgan fingerprint density at radius 1 is 1.24 bits per heavy atom. The summed E-state index contributed by atoms with van der Waals surface area (Å²) >= 11 is 6.45. The van der Waals surface area contributed by atoms with Crippen molar-refractivity contribution < 1.29 is 4.79 Å². The quantitative estimate of drug-likeness (QED) is 0.742. The lowest BCUT2D eigenvalue weighted by molar-refractivity contribution is -0.132. The number of likely N-dealkylation sites (tertiary alicyclic amines) is 1. The van der Waals surface area contributed by atoms with Gasteiger partial charge in [-0.3, -0.25) is 4.79 Å². The molecule has 2 nitrogen and oxygen atoms in total. The lowest BCUT2D eigenvalue weighted by Gasteiger charge is -2.39. The number of benzene rings is 1. The molecule has 1 aliphatic carbocycles. The number of hydrogen-bond acceptors (Lipinski definition) is 1.